The highest BCUT2D eigenvalue weighted by Crippen LogP contribution is 2.61. The van der Waals surface area contributed by atoms with E-state index in [1.165, 1.54) is 23.4 Å². The summed E-state index contributed by atoms with van der Waals surface area (Å²) in [6, 6.07) is 14.7. The van der Waals surface area contributed by atoms with Gasteiger partial charge in [-0.2, -0.15) is 0 Å². The molecule has 5 rings (SSSR count). The second kappa shape index (κ2) is 6.33. The number of benzene rings is 2. The molecule has 140 valence electrons. The maximum atomic E-state index is 13.0. The monoisotopic (exact) mass is 362 g/mol. The fourth-order valence-electron chi connectivity index (χ4n) is 5.21. The Kier molecular flexibility index (Phi) is 4.21. The fraction of sp³-hybridized carbons (Fsp3) is 0.417. The summed E-state index contributed by atoms with van der Waals surface area (Å²) in [5.74, 6) is 0.325. The van der Waals surface area contributed by atoms with E-state index in [2.05, 4.69) is 56.3 Å². The molecular weight excluding hydrogens is 336 g/mol. The molecule has 3 heteroatoms. The number of Topliss-reactive ketones (excluding diaryl/α,β-unsaturated/α-hetero) is 1. The van der Waals surface area contributed by atoms with Crippen LogP contribution in [-0.4, -0.2) is 18.9 Å². The van der Waals surface area contributed by atoms with Gasteiger partial charge in [-0.25, -0.2) is 0 Å². The average molecular weight is 362 g/mol. The summed E-state index contributed by atoms with van der Waals surface area (Å²) in [4.78, 5) is 24.7. The van der Waals surface area contributed by atoms with E-state index < -0.39 is 5.41 Å². The number of allylic oxidation sites excluding steroid dienone is 2. The number of carbonyl (C=O) groups is 2. The van der Waals surface area contributed by atoms with Crippen molar-refractivity contribution in [3.8, 4) is 0 Å². The van der Waals surface area contributed by atoms with Gasteiger partial charge in [-0.05, 0) is 53.0 Å². The minimum atomic E-state index is -0.496. The van der Waals surface area contributed by atoms with Crippen LogP contribution in [0.3, 0.4) is 0 Å². The van der Waals surface area contributed by atoms with Crippen LogP contribution in [0.15, 0.2) is 48.5 Å². The van der Waals surface area contributed by atoms with Crippen LogP contribution < -0.4 is 0 Å². The van der Waals surface area contributed by atoms with Gasteiger partial charge in [-0.1, -0.05) is 55.5 Å². The van der Waals surface area contributed by atoms with Crippen LogP contribution in [0.2, 0.25) is 0 Å². The highest BCUT2D eigenvalue weighted by atomic mass is 16.5. The van der Waals surface area contributed by atoms with Gasteiger partial charge in [0.15, 0.2) is 0 Å². The zero-order valence-electron chi connectivity index (χ0n) is 16.2. The van der Waals surface area contributed by atoms with Crippen LogP contribution in [0.5, 0.6) is 0 Å². The van der Waals surface area contributed by atoms with Crippen LogP contribution in [0.4, 0.5) is 0 Å². The molecule has 1 saturated carbocycles. The van der Waals surface area contributed by atoms with Gasteiger partial charge in [0.25, 0.3) is 0 Å². The minimum Gasteiger partial charge on any atom is -0.469 e. The van der Waals surface area contributed by atoms with E-state index in [0.29, 0.717) is 18.6 Å². The second-order valence-corrected chi connectivity index (χ2v) is 8.58. The van der Waals surface area contributed by atoms with E-state index in [1.54, 1.807) is 0 Å². The van der Waals surface area contributed by atoms with E-state index in [0.717, 1.165) is 18.4 Å². The van der Waals surface area contributed by atoms with Gasteiger partial charge in [0.05, 0.1) is 12.5 Å². The fourth-order valence-corrected chi connectivity index (χ4v) is 5.21. The summed E-state index contributed by atoms with van der Waals surface area (Å²) >= 11 is 0. The molecule has 0 saturated heterocycles. The predicted octanol–water partition coefficient (Wildman–Crippen LogP) is 5.18. The van der Waals surface area contributed by atoms with Gasteiger partial charge in [-0.3, -0.25) is 9.59 Å². The number of hydrogen-bond donors (Lipinski definition) is 0. The lowest BCUT2D eigenvalue weighted by atomic mass is 9.49. The first-order chi connectivity index (χ1) is 12.9. The third-order valence-corrected chi connectivity index (χ3v) is 6.84. The molecular formula is C24H26O3. The Balaban J connectivity index is 1.78. The summed E-state index contributed by atoms with van der Waals surface area (Å²) in [5.41, 5.74) is 1.79. The highest BCUT2D eigenvalue weighted by Gasteiger charge is 2.55. The quantitative estimate of drug-likeness (QED) is 0.704. The third-order valence-electron chi connectivity index (χ3n) is 6.84. The van der Waals surface area contributed by atoms with Crippen molar-refractivity contribution in [1.29, 1.82) is 0 Å². The van der Waals surface area contributed by atoms with E-state index in [-0.39, 0.29) is 17.3 Å². The Morgan fingerprint density at radius 1 is 1.15 bits per heavy atom. The Morgan fingerprint density at radius 2 is 1.89 bits per heavy atom. The molecule has 1 fully saturated rings. The Bertz CT molecular complexity index is 952. The Hall–Kier alpha value is -2.42. The van der Waals surface area contributed by atoms with Crippen LogP contribution in [0.1, 0.15) is 45.1 Å². The van der Waals surface area contributed by atoms with Crippen molar-refractivity contribution < 1.29 is 14.3 Å². The molecule has 0 heterocycles. The van der Waals surface area contributed by atoms with Gasteiger partial charge < -0.3 is 4.74 Å². The first-order valence-corrected chi connectivity index (χ1v) is 9.68. The van der Waals surface area contributed by atoms with Gasteiger partial charge in [0.1, 0.15) is 5.78 Å². The molecule has 0 aromatic heterocycles. The highest BCUT2D eigenvalue weighted by molar-refractivity contribution is 6.05. The zero-order chi connectivity index (χ0) is 19.2. The number of ketones is 1. The number of hydrogen-bond acceptors (Lipinski definition) is 3. The topological polar surface area (TPSA) is 43.4 Å². The first kappa shape index (κ1) is 18.0. The first-order valence-electron chi connectivity index (χ1n) is 9.68. The van der Waals surface area contributed by atoms with Crippen LogP contribution >= 0.6 is 0 Å². The maximum Gasteiger partial charge on any atom is 0.305 e. The van der Waals surface area contributed by atoms with Gasteiger partial charge in [0.2, 0.25) is 0 Å². The molecule has 2 aromatic carbocycles. The standard InChI is InChI=1S/C24H26O3/c1-23(12-11-22(26)27-3)15-24(2)20(13-17(23)14-21(24)25)19-10-6-8-16-7-4-5-9-18(16)19/h4-10,13,17H,11-12,14-15H2,1-3H3/t17-,23?,24+/m0/s1. The van der Waals surface area contributed by atoms with Crippen LogP contribution in [0.25, 0.3) is 16.3 Å². The Labute approximate surface area is 160 Å². The number of esters is 1. The summed E-state index contributed by atoms with van der Waals surface area (Å²) in [6.45, 7) is 4.32. The lowest BCUT2D eigenvalue weighted by Crippen LogP contribution is -2.49. The van der Waals surface area contributed by atoms with Crippen molar-refractivity contribution in [2.24, 2.45) is 16.7 Å². The SMILES string of the molecule is COC(=O)CCC1(C)C[C@@]2(C)C(=O)C[C@@H]1C=C2c1cccc2ccccc12. The average Bonchev–Trinajstić information content (AvgIpc) is 2.67. The smallest absolute Gasteiger partial charge is 0.305 e. The van der Waals surface area contributed by atoms with Crippen molar-refractivity contribution in [3.63, 3.8) is 0 Å². The van der Waals surface area contributed by atoms with E-state index in [4.69, 9.17) is 4.74 Å². The molecule has 0 radical (unpaired) electrons. The van der Waals surface area contributed by atoms with E-state index >= 15 is 0 Å². The predicted molar refractivity (Wildman–Crippen MR) is 107 cm³/mol. The second-order valence-electron chi connectivity index (χ2n) is 8.58. The summed E-state index contributed by atoms with van der Waals surface area (Å²) in [7, 11) is 1.43. The molecule has 2 bridgehead atoms. The summed E-state index contributed by atoms with van der Waals surface area (Å²) in [5, 5.41) is 2.39. The molecule has 0 N–H and O–H groups in total. The maximum absolute atomic E-state index is 13.0. The molecule has 0 spiro atoms. The van der Waals surface area contributed by atoms with E-state index in [1.807, 2.05) is 6.07 Å². The largest absolute Gasteiger partial charge is 0.469 e. The number of ether oxygens (including phenoxy) is 1. The lowest BCUT2D eigenvalue weighted by Gasteiger charge is -2.53. The van der Waals surface area contributed by atoms with Crippen molar-refractivity contribution >= 4 is 28.1 Å². The van der Waals surface area contributed by atoms with Crippen molar-refractivity contribution in [1.82, 2.24) is 0 Å². The molecule has 3 nitrogen and oxygen atoms in total. The molecule has 0 amide bonds. The van der Waals surface area contributed by atoms with Crippen molar-refractivity contribution in [2.75, 3.05) is 7.11 Å². The van der Waals surface area contributed by atoms with E-state index in [9.17, 15) is 9.59 Å². The lowest BCUT2D eigenvalue weighted by molar-refractivity contribution is -0.142. The number of methoxy groups -OCH3 is 1. The normalized spacial score (nSPS) is 29.7. The summed E-state index contributed by atoms with van der Waals surface area (Å²) < 4.78 is 4.83. The van der Waals surface area contributed by atoms with Crippen LogP contribution in [-0.2, 0) is 14.3 Å². The van der Waals surface area contributed by atoms with Crippen molar-refractivity contribution in [2.45, 2.75) is 39.5 Å². The number of rotatable bonds is 4. The number of fused-ring (bicyclic) bond motifs is 3. The molecule has 0 aliphatic heterocycles. The van der Waals surface area contributed by atoms with Gasteiger partial charge in [0, 0.05) is 12.8 Å². The van der Waals surface area contributed by atoms with Gasteiger partial charge in [-0.15, -0.1) is 0 Å². The van der Waals surface area contributed by atoms with Gasteiger partial charge >= 0.3 is 5.97 Å². The van der Waals surface area contributed by atoms with Crippen molar-refractivity contribution in [3.05, 3.63) is 54.1 Å². The minimum absolute atomic E-state index is 0.0507. The molecule has 3 aliphatic carbocycles. The van der Waals surface area contributed by atoms with Crippen LogP contribution in [0, 0.1) is 16.7 Å². The summed E-state index contributed by atoms with van der Waals surface area (Å²) in [6.07, 6.45) is 4.85. The molecule has 3 aliphatic rings. The molecule has 3 atom stereocenters. The zero-order valence-corrected chi connectivity index (χ0v) is 16.2. The number of carbonyl (C=O) groups excluding carboxylic acids is 2. The third kappa shape index (κ3) is 2.80. The molecule has 1 unspecified atom stereocenters. The molecule has 27 heavy (non-hydrogen) atoms. The Morgan fingerprint density at radius 3 is 2.67 bits per heavy atom. The molecule has 2 aromatic rings.